The maximum Gasteiger partial charge on any atom is 0.255 e. The largest absolute Gasteiger partial charge is 0.334 e. The van der Waals surface area contributed by atoms with Crippen molar-refractivity contribution in [3.8, 4) is 0 Å². The van der Waals surface area contributed by atoms with Crippen LogP contribution in [0.25, 0.3) is 0 Å². The second-order valence-electron chi connectivity index (χ2n) is 6.87. The fourth-order valence-corrected chi connectivity index (χ4v) is 3.98. The van der Waals surface area contributed by atoms with E-state index in [0.717, 1.165) is 32.6 Å². The average molecular weight is 322 g/mol. The zero-order chi connectivity index (χ0) is 16.4. The lowest BCUT2D eigenvalue weighted by Gasteiger charge is -2.36. The van der Waals surface area contributed by atoms with Gasteiger partial charge in [-0.05, 0) is 30.4 Å². The topological polar surface area (TPSA) is 49.3 Å². The van der Waals surface area contributed by atoms with Crippen LogP contribution in [0, 0.1) is 5.92 Å². The Balaban J connectivity index is 1.50. The summed E-state index contributed by atoms with van der Waals surface area (Å²) < 4.78 is 0. The molecule has 0 aliphatic carbocycles. The predicted octanol–water partition coefficient (Wildman–Crippen LogP) is 2.21. The molecule has 2 atom stereocenters. The zero-order valence-electron chi connectivity index (χ0n) is 13.7. The summed E-state index contributed by atoms with van der Waals surface area (Å²) >= 11 is 0. The van der Waals surface area contributed by atoms with Crippen molar-refractivity contribution >= 4 is 5.91 Å². The quantitative estimate of drug-likeness (QED) is 0.869. The van der Waals surface area contributed by atoms with Crippen molar-refractivity contribution in [1.29, 1.82) is 0 Å². The third-order valence-electron chi connectivity index (χ3n) is 5.13. The number of hydrogen-bond acceptors (Lipinski definition) is 4. The molecule has 0 saturated carbocycles. The van der Waals surface area contributed by atoms with Gasteiger partial charge in [0, 0.05) is 32.2 Å². The van der Waals surface area contributed by atoms with E-state index in [2.05, 4.69) is 50.3 Å². The number of piperidine rings is 1. The number of nitrogens with zero attached hydrogens (tertiary/aromatic N) is 4. The minimum Gasteiger partial charge on any atom is -0.334 e. The molecule has 5 heteroatoms. The molecule has 3 aliphatic rings. The van der Waals surface area contributed by atoms with Crippen LogP contribution in [-0.2, 0) is 6.54 Å². The van der Waals surface area contributed by atoms with E-state index >= 15 is 0 Å². The number of carbonyl (C=O) groups excluding carboxylic acids is 1. The van der Waals surface area contributed by atoms with Gasteiger partial charge in [-0.2, -0.15) is 10.2 Å². The van der Waals surface area contributed by atoms with Gasteiger partial charge in [-0.15, -0.1) is 0 Å². The standard InChI is InChI=1S/C19H22N4O/c24-19(17-8-9-20-21-10-17)23-13-16-6-7-18(23)14-22(12-16)11-15-4-2-1-3-5-15/h1-5,8-10,16,18H,6-7,11-14H2/t16-,18+/m0/s1. The number of carbonyl (C=O) groups is 1. The molecule has 3 saturated heterocycles. The molecule has 1 aromatic carbocycles. The summed E-state index contributed by atoms with van der Waals surface area (Å²) in [6.07, 6.45) is 5.47. The Morgan fingerprint density at radius 1 is 1.04 bits per heavy atom. The fourth-order valence-electron chi connectivity index (χ4n) is 3.98. The van der Waals surface area contributed by atoms with Crippen molar-refractivity contribution in [3.63, 3.8) is 0 Å². The van der Waals surface area contributed by atoms with Crippen LogP contribution in [0.4, 0.5) is 0 Å². The molecule has 5 rings (SSSR count). The molecule has 0 radical (unpaired) electrons. The first-order valence-electron chi connectivity index (χ1n) is 8.63. The van der Waals surface area contributed by atoms with Gasteiger partial charge in [0.15, 0.2) is 0 Å². The monoisotopic (exact) mass is 322 g/mol. The van der Waals surface area contributed by atoms with Crippen LogP contribution in [0.1, 0.15) is 28.8 Å². The van der Waals surface area contributed by atoms with Gasteiger partial charge in [0.05, 0.1) is 18.0 Å². The number of rotatable bonds is 3. The van der Waals surface area contributed by atoms with Gasteiger partial charge in [-0.1, -0.05) is 30.3 Å². The number of aromatic nitrogens is 2. The summed E-state index contributed by atoms with van der Waals surface area (Å²) in [4.78, 5) is 17.4. The molecule has 2 aromatic rings. The van der Waals surface area contributed by atoms with Gasteiger partial charge < -0.3 is 4.90 Å². The number of benzene rings is 1. The fraction of sp³-hybridized carbons (Fsp3) is 0.421. The maximum atomic E-state index is 12.8. The highest BCUT2D eigenvalue weighted by atomic mass is 16.2. The van der Waals surface area contributed by atoms with Crippen LogP contribution in [0.15, 0.2) is 48.8 Å². The molecule has 1 aromatic heterocycles. The summed E-state index contributed by atoms with van der Waals surface area (Å²) in [5.41, 5.74) is 1.99. The molecule has 2 bridgehead atoms. The van der Waals surface area contributed by atoms with Gasteiger partial charge in [-0.25, -0.2) is 0 Å². The molecule has 24 heavy (non-hydrogen) atoms. The third kappa shape index (κ3) is 3.17. The van der Waals surface area contributed by atoms with Crippen LogP contribution in [-0.4, -0.2) is 51.6 Å². The number of hydrogen-bond donors (Lipinski definition) is 0. The summed E-state index contributed by atoms with van der Waals surface area (Å²) in [5.74, 6) is 0.660. The maximum absolute atomic E-state index is 12.8. The van der Waals surface area contributed by atoms with Crippen molar-refractivity contribution in [2.45, 2.75) is 25.4 Å². The minimum absolute atomic E-state index is 0.0983. The van der Waals surface area contributed by atoms with Crippen LogP contribution in [0.2, 0.25) is 0 Å². The molecule has 3 fully saturated rings. The first-order valence-corrected chi connectivity index (χ1v) is 8.63. The van der Waals surface area contributed by atoms with E-state index < -0.39 is 0 Å². The van der Waals surface area contributed by atoms with Crippen LogP contribution in [0.3, 0.4) is 0 Å². The summed E-state index contributed by atoms with van der Waals surface area (Å²) in [5, 5.41) is 7.62. The van der Waals surface area contributed by atoms with Crippen LogP contribution >= 0.6 is 0 Å². The Hall–Kier alpha value is -2.27. The van der Waals surface area contributed by atoms with E-state index in [9.17, 15) is 4.79 Å². The smallest absolute Gasteiger partial charge is 0.255 e. The van der Waals surface area contributed by atoms with Crippen LogP contribution in [0.5, 0.6) is 0 Å². The van der Waals surface area contributed by atoms with Gasteiger partial charge in [0.25, 0.3) is 5.91 Å². The van der Waals surface area contributed by atoms with Crippen molar-refractivity contribution in [2.24, 2.45) is 5.92 Å². The second kappa shape index (κ2) is 6.69. The highest BCUT2D eigenvalue weighted by Gasteiger charge is 2.37. The second-order valence-corrected chi connectivity index (χ2v) is 6.87. The third-order valence-corrected chi connectivity index (χ3v) is 5.13. The van der Waals surface area contributed by atoms with E-state index in [-0.39, 0.29) is 5.91 Å². The van der Waals surface area contributed by atoms with Crippen molar-refractivity contribution in [1.82, 2.24) is 20.0 Å². The van der Waals surface area contributed by atoms with Crippen molar-refractivity contribution in [2.75, 3.05) is 19.6 Å². The van der Waals surface area contributed by atoms with Gasteiger partial charge >= 0.3 is 0 Å². The van der Waals surface area contributed by atoms with E-state index in [0.29, 0.717) is 17.5 Å². The predicted molar refractivity (Wildman–Crippen MR) is 91.3 cm³/mol. The molecular weight excluding hydrogens is 300 g/mol. The molecule has 0 unspecified atom stereocenters. The van der Waals surface area contributed by atoms with E-state index in [1.165, 1.54) is 12.0 Å². The Bertz CT molecular complexity index is 691. The first kappa shape index (κ1) is 15.3. The molecule has 4 heterocycles. The Kier molecular flexibility index (Phi) is 4.26. The van der Waals surface area contributed by atoms with Crippen LogP contribution < -0.4 is 0 Å². The van der Waals surface area contributed by atoms with Gasteiger partial charge in [0.2, 0.25) is 0 Å². The van der Waals surface area contributed by atoms with Crippen molar-refractivity contribution < 1.29 is 4.79 Å². The lowest BCUT2D eigenvalue weighted by atomic mass is 9.94. The van der Waals surface area contributed by atoms with Crippen molar-refractivity contribution in [3.05, 3.63) is 59.9 Å². The molecule has 5 nitrogen and oxygen atoms in total. The van der Waals surface area contributed by atoms with E-state index in [1.807, 2.05) is 0 Å². The first-order chi connectivity index (χ1) is 11.8. The summed E-state index contributed by atoms with van der Waals surface area (Å²) in [6, 6.07) is 12.7. The molecule has 0 N–H and O–H groups in total. The van der Waals surface area contributed by atoms with Gasteiger partial charge in [-0.3, -0.25) is 9.69 Å². The lowest BCUT2D eigenvalue weighted by Crippen LogP contribution is -2.47. The molecule has 124 valence electrons. The zero-order valence-corrected chi connectivity index (χ0v) is 13.7. The molecular formula is C19H22N4O. The molecule has 3 aliphatic heterocycles. The van der Waals surface area contributed by atoms with E-state index in [1.54, 1.807) is 18.5 Å². The summed E-state index contributed by atoms with van der Waals surface area (Å²) in [7, 11) is 0. The molecule has 1 amide bonds. The van der Waals surface area contributed by atoms with E-state index in [4.69, 9.17) is 0 Å². The highest BCUT2D eigenvalue weighted by molar-refractivity contribution is 5.94. The average Bonchev–Trinajstić information content (AvgIpc) is 2.93. The highest BCUT2D eigenvalue weighted by Crippen LogP contribution is 2.29. The normalized spacial score (nSPS) is 23.9. The molecule has 0 spiro atoms. The Morgan fingerprint density at radius 2 is 1.92 bits per heavy atom. The SMILES string of the molecule is O=C(c1ccnnc1)N1C[C@H]2CC[C@@H]1CN(Cc1ccccc1)C2. The van der Waals surface area contributed by atoms with Gasteiger partial charge in [0.1, 0.15) is 0 Å². The number of fused-ring (bicyclic) bond motifs is 4. The lowest BCUT2D eigenvalue weighted by molar-refractivity contribution is 0.0584. The Morgan fingerprint density at radius 3 is 2.71 bits per heavy atom. The number of amides is 1. The minimum atomic E-state index is 0.0983. The summed E-state index contributed by atoms with van der Waals surface area (Å²) in [6.45, 7) is 3.85. The Labute approximate surface area is 142 Å².